The summed E-state index contributed by atoms with van der Waals surface area (Å²) in [5.74, 6) is -1.90. The van der Waals surface area contributed by atoms with Crippen LogP contribution in [0.5, 0.6) is 0 Å². The van der Waals surface area contributed by atoms with Gasteiger partial charge in [0.05, 0.1) is 0 Å². The van der Waals surface area contributed by atoms with Gasteiger partial charge < -0.3 is 9.84 Å². The molecule has 0 spiro atoms. The first-order chi connectivity index (χ1) is 13.7. The molecular weight excluding hydrogens is 383 g/mol. The molecule has 0 aliphatic rings. The summed E-state index contributed by atoms with van der Waals surface area (Å²) >= 11 is 0. The summed E-state index contributed by atoms with van der Waals surface area (Å²) in [6, 6.07) is 10.1. The van der Waals surface area contributed by atoms with Gasteiger partial charge in [-0.05, 0) is 43.0 Å². The molecule has 1 amide bonds. The van der Waals surface area contributed by atoms with Crippen molar-refractivity contribution in [2.24, 2.45) is 0 Å². The van der Waals surface area contributed by atoms with E-state index < -0.39 is 12.1 Å². The molecule has 0 fully saturated rings. The first kappa shape index (κ1) is 20.6. The zero-order valence-corrected chi connectivity index (χ0v) is 16.2. The second-order valence-electron chi connectivity index (χ2n) is 6.62. The lowest BCUT2D eigenvalue weighted by Gasteiger charge is -2.16. The zero-order valence-electron chi connectivity index (χ0n) is 16.2. The summed E-state index contributed by atoms with van der Waals surface area (Å²) in [7, 11) is 0. The van der Waals surface area contributed by atoms with E-state index in [9.17, 15) is 18.0 Å². The number of aromatic nitrogens is 2. The molecule has 1 N–H and O–H groups in total. The second kappa shape index (κ2) is 8.06. The van der Waals surface area contributed by atoms with Crippen LogP contribution in [0.3, 0.4) is 0 Å². The minimum absolute atomic E-state index is 0.190. The Kier molecular flexibility index (Phi) is 5.72. The molecular formula is C21H20F3N3O2. The van der Waals surface area contributed by atoms with E-state index in [0.717, 1.165) is 35.2 Å². The molecule has 0 atom stereocenters. The van der Waals surface area contributed by atoms with Gasteiger partial charge in [-0.15, -0.1) is 0 Å². The molecule has 3 rings (SSSR count). The van der Waals surface area contributed by atoms with Crippen LogP contribution in [0.25, 0.3) is 11.4 Å². The predicted molar refractivity (Wildman–Crippen MR) is 103 cm³/mol. The average molecular weight is 403 g/mol. The van der Waals surface area contributed by atoms with Crippen molar-refractivity contribution in [3.8, 4) is 11.4 Å². The van der Waals surface area contributed by atoms with E-state index in [1.165, 1.54) is 24.3 Å². The monoisotopic (exact) mass is 403 g/mol. The predicted octanol–water partition coefficient (Wildman–Crippen LogP) is 5.44. The number of amides is 1. The highest BCUT2D eigenvalue weighted by Gasteiger charge is 2.38. The van der Waals surface area contributed by atoms with Crippen LogP contribution in [0, 0.1) is 6.92 Å². The molecule has 3 aromatic rings. The van der Waals surface area contributed by atoms with Gasteiger partial charge >= 0.3 is 12.1 Å². The van der Waals surface area contributed by atoms with Crippen molar-refractivity contribution >= 4 is 11.6 Å². The third kappa shape index (κ3) is 4.47. The van der Waals surface area contributed by atoms with E-state index in [4.69, 9.17) is 0 Å². The Hall–Kier alpha value is -3.16. The maximum Gasteiger partial charge on any atom is 0.471 e. The van der Waals surface area contributed by atoms with Crippen molar-refractivity contribution < 1.29 is 22.5 Å². The number of aryl methyl sites for hydroxylation is 3. The number of hydrogen-bond acceptors (Lipinski definition) is 4. The highest BCUT2D eigenvalue weighted by Crippen LogP contribution is 2.30. The van der Waals surface area contributed by atoms with Crippen LogP contribution < -0.4 is 5.32 Å². The van der Waals surface area contributed by atoms with Crippen LogP contribution in [-0.2, 0) is 19.0 Å². The van der Waals surface area contributed by atoms with Crippen LogP contribution in [0.15, 0.2) is 40.9 Å². The molecule has 29 heavy (non-hydrogen) atoms. The summed E-state index contributed by atoms with van der Waals surface area (Å²) in [5, 5.41) is 6.31. The molecule has 0 radical (unpaired) electrons. The third-order valence-electron chi connectivity index (χ3n) is 4.52. The Morgan fingerprint density at radius 1 is 1.07 bits per heavy atom. The number of nitrogens with one attached hydrogen (secondary N) is 1. The molecule has 2 aromatic carbocycles. The Bertz CT molecular complexity index is 999. The van der Waals surface area contributed by atoms with Gasteiger partial charge in [-0.2, -0.15) is 18.2 Å². The number of benzene rings is 2. The summed E-state index contributed by atoms with van der Waals surface area (Å²) in [6.45, 7) is 6.07. The fourth-order valence-corrected chi connectivity index (χ4v) is 3.07. The molecule has 1 aromatic heterocycles. The number of rotatable bonds is 5. The topological polar surface area (TPSA) is 68.0 Å². The number of halogens is 3. The molecule has 0 bridgehead atoms. The van der Waals surface area contributed by atoms with E-state index >= 15 is 0 Å². The molecule has 0 saturated heterocycles. The standard InChI is InChI=1S/C21H20F3N3O2/c1-4-13-10-12(3)11-14(5-2)17(13)25-19(28)16-8-6-15(7-9-16)18-26-20(29-27-18)21(22,23)24/h6-11H,4-5H2,1-3H3,(H,25,28). The fourth-order valence-electron chi connectivity index (χ4n) is 3.07. The number of alkyl halides is 3. The van der Waals surface area contributed by atoms with Gasteiger partial charge in [-0.3, -0.25) is 4.79 Å². The van der Waals surface area contributed by atoms with Crippen molar-refractivity contribution in [3.63, 3.8) is 0 Å². The van der Waals surface area contributed by atoms with Crippen molar-refractivity contribution in [1.82, 2.24) is 10.1 Å². The Labute approximate surface area is 165 Å². The van der Waals surface area contributed by atoms with Crippen LogP contribution in [-0.4, -0.2) is 16.0 Å². The van der Waals surface area contributed by atoms with Gasteiger partial charge in [-0.25, -0.2) is 0 Å². The second-order valence-corrected chi connectivity index (χ2v) is 6.62. The van der Waals surface area contributed by atoms with Crippen molar-refractivity contribution in [3.05, 3.63) is 64.5 Å². The smallest absolute Gasteiger partial charge is 0.329 e. The quantitative estimate of drug-likeness (QED) is 0.616. The van der Waals surface area contributed by atoms with Gasteiger partial charge in [0, 0.05) is 16.8 Å². The minimum atomic E-state index is -4.70. The lowest BCUT2D eigenvalue weighted by molar-refractivity contribution is -0.159. The van der Waals surface area contributed by atoms with Crippen molar-refractivity contribution in [2.75, 3.05) is 5.32 Å². The Morgan fingerprint density at radius 3 is 2.14 bits per heavy atom. The SMILES string of the molecule is CCc1cc(C)cc(CC)c1NC(=O)c1ccc(-c2noc(C(F)(F)F)n2)cc1. The van der Waals surface area contributed by atoms with E-state index in [0.29, 0.717) is 11.1 Å². The average Bonchev–Trinajstić information content (AvgIpc) is 3.19. The molecule has 5 nitrogen and oxygen atoms in total. The summed E-state index contributed by atoms with van der Waals surface area (Å²) in [6.07, 6.45) is -3.14. The first-order valence-corrected chi connectivity index (χ1v) is 9.18. The maximum atomic E-state index is 12.7. The molecule has 0 aliphatic heterocycles. The number of carbonyl (C=O) groups excluding carboxylic acids is 1. The van der Waals surface area contributed by atoms with Gasteiger partial charge in [0.25, 0.3) is 5.91 Å². The molecule has 152 valence electrons. The maximum absolute atomic E-state index is 12.7. The lowest BCUT2D eigenvalue weighted by Crippen LogP contribution is -2.15. The van der Waals surface area contributed by atoms with Gasteiger partial charge in [0.1, 0.15) is 0 Å². The van der Waals surface area contributed by atoms with Crippen LogP contribution in [0.1, 0.15) is 46.8 Å². The molecule has 0 aliphatic carbocycles. The summed E-state index contributed by atoms with van der Waals surface area (Å²) in [5.41, 5.74) is 4.75. The molecule has 1 heterocycles. The van der Waals surface area contributed by atoms with E-state index in [-0.39, 0.29) is 11.7 Å². The van der Waals surface area contributed by atoms with Crippen LogP contribution in [0.2, 0.25) is 0 Å². The number of carbonyl (C=O) groups is 1. The first-order valence-electron chi connectivity index (χ1n) is 9.18. The van der Waals surface area contributed by atoms with Crippen molar-refractivity contribution in [2.45, 2.75) is 39.8 Å². The number of anilines is 1. The summed E-state index contributed by atoms with van der Waals surface area (Å²) < 4.78 is 42.0. The number of nitrogens with zero attached hydrogens (tertiary/aromatic N) is 2. The highest BCUT2D eigenvalue weighted by molar-refractivity contribution is 6.05. The number of hydrogen-bond donors (Lipinski definition) is 1. The van der Waals surface area contributed by atoms with Gasteiger partial charge in [0.2, 0.25) is 5.82 Å². The van der Waals surface area contributed by atoms with E-state index in [2.05, 4.69) is 20.0 Å². The zero-order chi connectivity index (χ0) is 21.2. The third-order valence-corrected chi connectivity index (χ3v) is 4.52. The normalized spacial score (nSPS) is 11.5. The lowest BCUT2D eigenvalue weighted by atomic mass is 9.99. The van der Waals surface area contributed by atoms with E-state index in [1.807, 2.05) is 32.9 Å². The Balaban J connectivity index is 1.82. The highest BCUT2D eigenvalue weighted by atomic mass is 19.4. The van der Waals surface area contributed by atoms with Gasteiger partial charge in [-0.1, -0.05) is 48.8 Å². The fraction of sp³-hybridized carbons (Fsp3) is 0.286. The molecule has 0 unspecified atom stereocenters. The van der Waals surface area contributed by atoms with Crippen LogP contribution >= 0.6 is 0 Å². The summed E-state index contributed by atoms with van der Waals surface area (Å²) in [4.78, 5) is 16.1. The minimum Gasteiger partial charge on any atom is -0.329 e. The van der Waals surface area contributed by atoms with Crippen LogP contribution in [0.4, 0.5) is 18.9 Å². The molecule has 0 saturated carbocycles. The van der Waals surface area contributed by atoms with Gasteiger partial charge in [0.15, 0.2) is 0 Å². The largest absolute Gasteiger partial charge is 0.471 e. The van der Waals surface area contributed by atoms with Crippen molar-refractivity contribution in [1.29, 1.82) is 0 Å². The van der Waals surface area contributed by atoms with E-state index in [1.54, 1.807) is 0 Å². The molecule has 8 heteroatoms. The Morgan fingerprint density at radius 2 is 1.66 bits per heavy atom.